The summed E-state index contributed by atoms with van der Waals surface area (Å²) >= 11 is 0. The molecular weight excluding hydrogens is 304 g/mol. The van der Waals surface area contributed by atoms with Gasteiger partial charge in [-0.1, -0.05) is 20.8 Å². The van der Waals surface area contributed by atoms with E-state index in [0.717, 1.165) is 0 Å². The van der Waals surface area contributed by atoms with Crippen molar-refractivity contribution >= 4 is 6.08 Å². The summed E-state index contributed by atoms with van der Waals surface area (Å²) in [5.74, 6) is 0.686. The van der Waals surface area contributed by atoms with Gasteiger partial charge in [-0.25, -0.2) is 4.68 Å². The van der Waals surface area contributed by atoms with Crippen molar-refractivity contribution in [3.63, 3.8) is 0 Å². The van der Waals surface area contributed by atoms with Crippen LogP contribution in [0, 0.1) is 22.7 Å². The van der Waals surface area contributed by atoms with E-state index in [1.807, 2.05) is 20.8 Å². The van der Waals surface area contributed by atoms with Gasteiger partial charge in [0.05, 0.1) is 24.1 Å². The lowest BCUT2D eigenvalue weighted by Crippen LogP contribution is -2.16. The molecule has 2 aromatic rings. The van der Waals surface area contributed by atoms with Crippen LogP contribution in [0.2, 0.25) is 0 Å². The normalized spacial score (nSPS) is 10.6. The SMILES string of the molecule is COc1ccc(-n2[nH]c(C(C)(C)C)c(C=C(C#N)C#N)c2=O)cc1. The molecule has 0 amide bonds. The average Bonchev–Trinajstić information content (AvgIpc) is 2.89. The number of benzene rings is 1. The van der Waals surface area contributed by atoms with Crippen LogP contribution < -0.4 is 10.3 Å². The van der Waals surface area contributed by atoms with E-state index >= 15 is 0 Å². The molecule has 0 fully saturated rings. The van der Waals surface area contributed by atoms with Crippen molar-refractivity contribution in [1.29, 1.82) is 10.5 Å². The lowest BCUT2D eigenvalue weighted by atomic mass is 9.89. The molecule has 122 valence electrons. The van der Waals surface area contributed by atoms with Crippen LogP contribution in [0.4, 0.5) is 0 Å². The van der Waals surface area contributed by atoms with Gasteiger partial charge >= 0.3 is 0 Å². The average molecular weight is 322 g/mol. The first-order valence-electron chi connectivity index (χ1n) is 7.33. The molecular formula is C18H18N4O2. The third-order valence-corrected chi connectivity index (χ3v) is 3.54. The van der Waals surface area contributed by atoms with Gasteiger partial charge in [-0.05, 0) is 30.3 Å². The number of rotatable bonds is 3. The van der Waals surface area contributed by atoms with E-state index in [-0.39, 0.29) is 16.5 Å². The highest BCUT2D eigenvalue weighted by atomic mass is 16.5. The van der Waals surface area contributed by atoms with Crippen molar-refractivity contribution in [2.45, 2.75) is 26.2 Å². The Labute approximate surface area is 140 Å². The fourth-order valence-electron chi connectivity index (χ4n) is 2.30. The van der Waals surface area contributed by atoms with Gasteiger partial charge in [0.2, 0.25) is 0 Å². The second-order valence-corrected chi connectivity index (χ2v) is 6.27. The maximum absolute atomic E-state index is 12.8. The first-order valence-corrected chi connectivity index (χ1v) is 7.33. The van der Waals surface area contributed by atoms with E-state index in [4.69, 9.17) is 15.3 Å². The van der Waals surface area contributed by atoms with E-state index < -0.39 is 0 Å². The number of hydrogen-bond acceptors (Lipinski definition) is 4. The molecule has 1 aromatic carbocycles. The molecule has 0 aliphatic heterocycles. The van der Waals surface area contributed by atoms with Crippen LogP contribution in [-0.2, 0) is 5.41 Å². The monoisotopic (exact) mass is 322 g/mol. The molecule has 0 spiro atoms. The van der Waals surface area contributed by atoms with Gasteiger partial charge in [0.25, 0.3) is 5.56 Å². The van der Waals surface area contributed by atoms with Crippen LogP contribution in [0.25, 0.3) is 11.8 Å². The molecule has 6 nitrogen and oxygen atoms in total. The van der Waals surface area contributed by atoms with E-state index in [1.165, 1.54) is 10.8 Å². The Hall–Kier alpha value is -3.25. The number of aromatic nitrogens is 2. The Balaban J connectivity index is 2.70. The van der Waals surface area contributed by atoms with Gasteiger partial charge in [-0.15, -0.1) is 0 Å². The Kier molecular flexibility index (Phi) is 4.61. The molecule has 2 rings (SSSR count). The minimum atomic E-state index is -0.362. The molecule has 0 bridgehead atoms. The molecule has 0 atom stereocenters. The van der Waals surface area contributed by atoms with Gasteiger partial charge in [0.15, 0.2) is 0 Å². The number of nitriles is 2. The van der Waals surface area contributed by atoms with E-state index in [9.17, 15) is 4.79 Å². The first kappa shape index (κ1) is 17.1. The molecule has 0 aliphatic carbocycles. The second-order valence-electron chi connectivity index (χ2n) is 6.27. The standard InChI is InChI=1S/C18H18N4O2/c1-18(2,3)16-15(9-12(10-19)11-20)17(23)22(21-16)13-5-7-14(24-4)8-6-13/h5-9,21H,1-4H3. The van der Waals surface area contributed by atoms with E-state index in [2.05, 4.69) is 5.10 Å². The molecule has 24 heavy (non-hydrogen) atoms. The molecule has 1 aromatic heterocycles. The van der Waals surface area contributed by atoms with Gasteiger partial charge in [-0.2, -0.15) is 10.5 Å². The number of aromatic amines is 1. The van der Waals surface area contributed by atoms with Crippen LogP contribution >= 0.6 is 0 Å². The summed E-state index contributed by atoms with van der Waals surface area (Å²) in [4.78, 5) is 12.8. The van der Waals surface area contributed by atoms with Gasteiger partial charge in [0.1, 0.15) is 23.5 Å². The maximum atomic E-state index is 12.8. The molecule has 0 saturated heterocycles. The van der Waals surface area contributed by atoms with Crippen LogP contribution in [0.3, 0.4) is 0 Å². The Morgan fingerprint density at radius 2 is 1.79 bits per heavy atom. The van der Waals surface area contributed by atoms with Gasteiger partial charge in [0, 0.05) is 5.41 Å². The summed E-state index contributed by atoms with van der Waals surface area (Å²) < 4.78 is 6.52. The fraction of sp³-hybridized carbons (Fsp3) is 0.278. The third-order valence-electron chi connectivity index (χ3n) is 3.54. The molecule has 0 unspecified atom stereocenters. The zero-order valence-corrected chi connectivity index (χ0v) is 14.0. The maximum Gasteiger partial charge on any atom is 0.278 e. The zero-order chi connectivity index (χ0) is 17.9. The number of hydrogen-bond donors (Lipinski definition) is 1. The highest BCUT2D eigenvalue weighted by Gasteiger charge is 2.24. The summed E-state index contributed by atoms with van der Waals surface area (Å²) in [6.07, 6.45) is 1.33. The minimum absolute atomic E-state index is 0.113. The summed E-state index contributed by atoms with van der Waals surface area (Å²) in [5, 5.41) is 21.1. The number of nitrogens with one attached hydrogen (secondary N) is 1. The molecule has 0 radical (unpaired) electrons. The van der Waals surface area contributed by atoms with Crippen molar-refractivity contribution < 1.29 is 4.74 Å². The molecule has 0 saturated carbocycles. The highest BCUT2D eigenvalue weighted by molar-refractivity contribution is 5.64. The second kappa shape index (κ2) is 6.47. The van der Waals surface area contributed by atoms with Crippen molar-refractivity contribution in [2.75, 3.05) is 7.11 Å². The predicted molar refractivity (Wildman–Crippen MR) is 90.8 cm³/mol. The van der Waals surface area contributed by atoms with Gasteiger partial charge < -0.3 is 4.74 Å². The Morgan fingerprint density at radius 1 is 1.21 bits per heavy atom. The molecule has 1 N–H and O–H groups in total. The predicted octanol–water partition coefficient (Wildman–Crippen LogP) is 2.90. The first-order chi connectivity index (χ1) is 11.3. The minimum Gasteiger partial charge on any atom is -0.497 e. The molecule has 0 aliphatic rings. The van der Waals surface area contributed by atoms with E-state index in [1.54, 1.807) is 43.5 Å². The van der Waals surface area contributed by atoms with Crippen LogP contribution in [0.15, 0.2) is 34.6 Å². The lowest BCUT2D eigenvalue weighted by Gasteiger charge is -2.17. The number of ether oxygens (including phenoxy) is 1. The summed E-state index contributed by atoms with van der Waals surface area (Å²) in [7, 11) is 1.57. The van der Waals surface area contributed by atoms with Crippen molar-refractivity contribution in [2.24, 2.45) is 0 Å². The number of methoxy groups -OCH3 is 1. The summed E-state index contributed by atoms with van der Waals surface area (Å²) in [5.41, 5.74) is 0.828. The smallest absolute Gasteiger partial charge is 0.278 e. The lowest BCUT2D eigenvalue weighted by molar-refractivity contribution is 0.414. The highest BCUT2D eigenvalue weighted by Crippen LogP contribution is 2.25. The molecule has 1 heterocycles. The van der Waals surface area contributed by atoms with Gasteiger partial charge in [-0.3, -0.25) is 9.89 Å². The summed E-state index contributed by atoms with van der Waals surface area (Å²) in [6.45, 7) is 5.85. The Bertz CT molecular complexity index is 894. The fourth-order valence-corrected chi connectivity index (χ4v) is 2.30. The van der Waals surface area contributed by atoms with Crippen LogP contribution in [0.1, 0.15) is 32.0 Å². The third kappa shape index (κ3) is 3.23. The number of nitrogens with zero attached hydrogens (tertiary/aromatic N) is 3. The quantitative estimate of drug-likeness (QED) is 0.879. The Morgan fingerprint density at radius 3 is 2.25 bits per heavy atom. The van der Waals surface area contributed by atoms with Crippen molar-refractivity contribution in [3.05, 3.63) is 51.4 Å². The van der Waals surface area contributed by atoms with E-state index in [0.29, 0.717) is 22.7 Å². The topological polar surface area (TPSA) is 94.6 Å². The molecule has 6 heteroatoms. The van der Waals surface area contributed by atoms with Crippen molar-refractivity contribution in [1.82, 2.24) is 9.78 Å². The summed E-state index contributed by atoms with van der Waals surface area (Å²) in [6, 6.07) is 10.6. The largest absolute Gasteiger partial charge is 0.497 e. The van der Waals surface area contributed by atoms with Crippen molar-refractivity contribution in [3.8, 4) is 23.6 Å². The van der Waals surface area contributed by atoms with Crippen LogP contribution in [0.5, 0.6) is 5.75 Å². The number of allylic oxidation sites excluding steroid dienone is 1. The zero-order valence-electron chi connectivity index (χ0n) is 14.0. The number of H-pyrrole nitrogens is 1. The van der Waals surface area contributed by atoms with Crippen LogP contribution in [-0.4, -0.2) is 16.9 Å².